The van der Waals surface area contributed by atoms with E-state index in [2.05, 4.69) is 6.07 Å². The molecule has 1 N–H and O–H groups in total. The zero-order valence-corrected chi connectivity index (χ0v) is 14.4. The number of aliphatic hydroxyl groups excluding tert-OH is 1. The van der Waals surface area contributed by atoms with Crippen LogP contribution in [0.4, 0.5) is 0 Å². The number of carbonyl (C=O) groups is 1. The molecule has 1 aromatic rings. The first-order valence-electron chi connectivity index (χ1n) is 7.57. The van der Waals surface area contributed by atoms with Crippen LogP contribution >= 0.6 is 11.8 Å². The number of rotatable bonds is 5. The van der Waals surface area contributed by atoms with E-state index in [1.54, 1.807) is 32.5 Å². The van der Waals surface area contributed by atoms with Crippen LogP contribution in [-0.4, -0.2) is 40.9 Å². The molecule has 2 rings (SSSR count). The first-order valence-corrected chi connectivity index (χ1v) is 8.85. The normalized spacial score (nSPS) is 21.1. The van der Waals surface area contributed by atoms with Crippen LogP contribution in [0.25, 0.3) is 0 Å². The third kappa shape index (κ3) is 3.58. The fourth-order valence-electron chi connectivity index (χ4n) is 2.68. The van der Waals surface area contributed by atoms with E-state index in [0.717, 1.165) is 12.0 Å². The van der Waals surface area contributed by atoms with Gasteiger partial charge in [0.2, 0.25) is 0 Å². The molecule has 1 aromatic carbocycles. The number of thioether (sulfide) groups is 1. The monoisotopic (exact) mass is 324 g/mol. The summed E-state index contributed by atoms with van der Waals surface area (Å²) in [7, 11) is 0. The van der Waals surface area contributed by atoms with E-state index >= 15 is 0 Å². The van der Waals surface area contributed by atoms with Crippen molar-refractivity contribution >= 4 is 17.7 Å². The van der Waals surface area contributed by atoms with Gasteiger partial charge in [-0.15, -0.1) is 0 Å². The van der Waals surface area contributed by atoms with E-state index in [9.17, 15) is 9.90 Å². The van der Waals surface area contributed by atoms with Crippen LogP contribution in [0.5, 0.6) is 5.75 Å². The van der Waals surface area contributed by atoms with Gasteiger partial charge in [-0.1, -0.05) is 12.1 Å². The maximum atomic E-state index is 12.0. The van der Waals surface area contributed by atoms with Crippen molar-refractivity contribution in [1.82, 2.24) is 0 Å². The van der Waals surface area contributed by atoms with Crippen LogP contribution in [0.1, 0.15) is 31.9 Å². The quantitative estimate of drug-likeness (QED) is 0.844. The van der Waals surface area contributed by atoms with Crippen LogP contribution in [0, 0.1) is 0 Å². The third-order valence-corrected chi connectivity index (χ3v) is 5.01. The molecule has 0 heterocycles. The summed E-state index contributed by atoms with van der Waals surface area (Å²) in [5, 5.41) is 10.5. The lowest BCUT2D eigenvalue weighted by molar-refractivity contribution is -0.158. The van der Waals surface area contributed by atoms with E-state index in [0.29, 0.717) is 18.8 Å². The Morgan fingerprint density at radius 3 is 2.77 bits per heavy atom. The van der Waals surface area contributed by atoms with Crippen LogP contribution in [-0.2, 0) is 22.4 Å². The summed E-state index contributed by atoms with van der Waals surface area (Å²) >= 11 is 1.68. The zero-order valence-electron chi connectivity index (χ0n) is 13.6. The van der Waals surface area contributed by atoms with Gasteiger partial charge >= 0.3 is 5.97 Å². The SMILES string of the molecule is CCOC(=O)C(C)(C)Oc1cccc2c1CC(O)C(SC)C2. The lowest BCUT2D eigenvalue weighted by atomic mass is 9.88. The van der Waals surface area contributed by atoms with Crippen LogP contribution < -0.4 is 4.74 Å². The summed E-state index contributed by atoms with van der Waals surface area (Å²) in [6.45, 7) is 5.51. The Morgan fingerprint density at radius 1 is 1.41 bits per heavy atom. The van der Waals surface area contributed by atoms with Gasteiger partial charge in [0.15, 0.2) is 5.60 Å². The average molecular weight is 324 g/mol. The van der Waals surface area contributed by atoms with Crippen molar-refractivity contribution in [3.05, 3.63) is 29.3 Å². The van der Waals surface area contributed by atoms with E-state index in [-0.39, 0.29) is 11.2 Å². The lowest BCUT2D eigenvalue weighted by Crippen LogP contribution is -2.40. The Morgan fingerprint density at radius 2 is 2.14 bits per heavy atom. The van der Waals surface area contributed by atoms with Gasteiger partial charge in [-0.3, -0.25) is 0 Å². The van der Waals surface area contributed by atoms with Gasteiger partial charge in [-0.25, -0.2) is 4.79 Å². The lowest BCUT2D eigenvalue weighted by Gasteiger charge is -2.32. The minimum absolute atomic E-state index is 0.209. The maximum Gasteiger partial charge on any atom is 0.349 e. The standard InChI is InChI=1S/C17H24O4S/c1-5-20-16(19)17(2,3)21-14-8-6-7-11-9-15(22-4)13(18)10-12(11)14/h6-8,13,15,18H,5,9-10H2,1-4H3. The Balaban J connectivity index is 2.25. The van der Waals surface area contributed by atoms with Crippen molar-refractivity contribution in [1.29, 1.82) is 0 Å². The number of hydrogen-bond acceptors (Lipinski definition) is 5. The molecular weight excluding hydrogens is 300 g/mol. The molecule has 122 valence electrons. The molecule has 0 amide bonds. The van der Waals surface area contributed by atoms with Crippen molar-refractivity contribution in [3.8, 4) is 5.75 Å². The maximum absolute atomic E-state index is 12.0. The summed E-state index contributed by atoms with van der Waals surface area (Å²) in [6, 6.07) is 5.85. The number of benzene rings is 1. The molecule has 2 atom stereocenters. The smallest absolute Gasteiger partial charge is 0.349 e. The number of ether oxygens (including phenoxy) is 2. The minimum atomic E-state index is -1.05. The van der Waals surface area contributed by atoms with Crippen molar-refractivity contribution < 1.29 is 19.4 Å². The van der Waals surface area contributed by atoms with E-state index in [1.165, 1.54) is 5.56 Å². The summed E-state index contributed by atoms with van der Waals surface area (Å²) in [6.07, 6.45) is 2.99. The second-order valence-electron chi connectivity index (χ2n) is 5.98. The summed E-state index contributed by atoms with van der Waals surface area (Å²) in [5.41, 5.74) is 1.13. The van der Waals surface area contributed by atoms with Crippen molar-refractivity contribution in [2.75, 3.05) is 12.9 Å². The van der Waals surface area contributed by atoms with E-state index in [1.807, 2.05) is 18.4 Å². The molecule has 1 aliphatic carbocycles. The van der Waals surface area contributed by atoms with Crippen molar-refractivity contribution in [3.63, 3.8) is 0 Å². The van der Waals surface area contributed by atoms with Gasteiger partial charge in [0.1, 0.15) is 5.75 Å². The van der Waals surface area contributed by atoms with Gasteiger partial charge in [0.05, 0.1) is 12.7 Å². The van der Waals surface area contributed by atoms with E-state index < -0.39 is 11.7 Å². The first kappa shape index (κ1) is 17.2. The van der Waals surface area contributed by atoms with Gasteiger partial charge in [0.25, 0.3) is 0 Å². The van der Waals surface area contributed by atoms with E-state index in [4.69, 9.17) is 9.47 Å². The molecule has 0 radical (unpaired) electrons. The van der Waals surface area contributed by atoms with Gasteiger partial charge in [-0.05, 0) is 45.1 Å². The predicted octanol–water partition coefficient (Wildman–Crippen LogP) is 2.60. The largest absolute Gasteiger partial charge is 0.476 e. The summed E-state index contributed by atoms with van der Waals surface area (Å²) < 4.78 is 11.0. The highest BCUT2D eigenvalue weighted by Gasteiger charge is 2.34. The molecule has 5 heteroatoms. The summed E-state index contributed by atoms with van der Waals surface area (Å²) in [4.78, 5) is 12.0. The molecule has 0 fully saturated rings. The second kappa shape index (κ2) is 6.92. The van der Waals surface area contributed by atoms with Gasteiger partial charge in [0, 0.05) is 17.2 Å². The predicted molar refractivity (Wildman–Crippen MR) is 88.5 cm³/mol. The second-order valence-corrected chi connectivity index (χ2v) is 7.05. The molecule has 22 heavy (non-hydrogen) atoms. The topological polar surface area (TPSA) is 55.8 Å². The molecule has 0 saturated heterocycles. The molecule has 1 aliphatic rings. The molecule has 2 unspecified atom stereocenters. The van der Waals surface area contributed by atoms with Gasteiger partial charge < -0.3 is 14.6 Å². The Bertz CT molecular complexity index is 541. The fourth-order valence-corrected chi connectivity index (χ4v) is 3.44. The zero-order chi connectivity index (χ0) is 16.3. The third-order valence-electron chi connectivity index (χ3n) is 3.93. The van der Waals surface area contributed by atoms with Crippen LogP contribution in [0.3, 0.4) is 0 Å². The molecule has 0 saturated carbocycles. The van der Waals surface area contributed by atoms with Gasteiger partial charge in [-0.2, -0.15) is 11.8 Å². The molecular formula is C17H24O4S. The minimum Gasteiger partial charge on any atom is -0.476 e. The van der Waals surface area contributed by atoms with Crippen LogP contribution in [0.15, 0.2) is 18.2 Å². The Labute approximate surface area is 136 Å². The number of carbonyl (C=O) groups excluding carboxylic acids is 1. The highest BCUT2D eigenvalue weighted by Crippen LogP contribution is 2.35. The molecule has 0 spiro atoms. The number of fused-ring (bicyclic) bond motifs is 1. The highest BCUT2D eigenvalue weighted by atomic mass is 32.2. The van der Waals surface area contributed by atoms with Crippen molar-refractivity contribution in [2.45, 2.75) is 50.6 Å². The number of aliphatic hydroxyl groups is 1. The fraction of sp³-hybridized carbons (Fsp3) is 0.588. The first-order chi connectivity index (χ1) is 10.4. The Kier molecular flexibility index (Phi) is 5.40. The average Bonchev–Trinajstić information content (AvgIpc) is 2.47. The molecule has 0 aliphatic heterocycles. The highest BCUT2D eigenvalue weighted by molar-refractivity contribution is 7.99. The molecule has 0 aromatic heterocycles. The number of esters is 1. The number of hydrogen-bond donors (Lipinski definition) is 1. The van der Waals surface area contributed by atoms with Crippen LogP contribution in [0.2, 0.25) is 0 Å². The molecule has 0 bridgehead atoms. The Hall–Kier alpha value is -1.20. The van der Waals surface area contributed by atoms with Crippen molar-refractivity contribution in [2.24, 2.45) is 0 Å². The summed E-state index contributed by atoms with van der Waals surface area (Å²) in [5.74, 6) is 0.278. The molecule has 4 nitrogen and oxygen atoms in total.